The molecule has 0 amide bonds. The zero-order valence-electron chi connectivity index (χ0n) is 8.26. The first kappa shape index (κ1) is 9.90. The molecule has 0 atom stereocenters. The minimum Gasteiger partial charge on any atom is -0.369 e. The number of aromatic nitrogens is 2. The van der Waals surface area contributed by atoms with E-state index in [2.05, 4.69) is 38.1 Å². The summed E-state index contributed by atoms with van der Waals surface area (Å²) in [6.45, 7) is 3.33. The summed E-state index contributed by atoms with van der Waals surface area (Å²) in [6, 6.07) is 0. The van der Waals surface area contributed by atoms with Gasteiger partial charge in [0.1, 0.15) is 12.1 Å². The van der Waals surface area contributed by atoms with E-state index < -0.39 is 0 Å². The average Bonchev–Trinajstić information content (AvgIpc) is 2.88. The van der Waals surface area contributed by atoms with E-state index in [0.29, 0.717) is 5.41 Å². The van der Waals surface area contributed by atoms with E-state index >= 15 is 0 Å². The smallest absolute Gasteiger partial charge is 0.143 e. The third kappa shape index (κ3) is 2.44. The highest BCUT2D eigenvalue weighted by Gasteiger charge is 2.36. The maximum atomic E-state index is 4.15. The molecule has 1 fully saturated rings. The molecule has 0 aliphatic heterocycles. The largest absolute Gasteiger partial charge is 0.369 e. The molecule has 0 spiro atoms. The second kappa shape index (κ2) is 3.85. The third-order valence-electron chi connectivity index (χ3n) is 2.79. The quantitative estimate of drug-likeness (QED) is 0.900. The number of nitrogens with one attached hydrogen (secondary N) is 1. The van der Waals surface area contributed by atoms with Gasteiger partial charge in [0.2, 0.25) is 0 Å². The van der Waals surface area contributed by atoms with Crippen molar-refractivity contribution in [3.63, 3.8) is 0 Å². The Hall–Kier alpha value is -0.640. The molecule has 0 saturated heterocycles. The Balaban J connectivity index is 1.83. The first-order valence-corrected chi connectivity index (χ1v) is 5.68. The number of halogens is 1. The Labute approximate surface area is 92.5 Å². The average molecular weight is 256 g/mol. The molecule has 0 aromatic carbocycles. The van der Waals surface area contributed by atoms with Gasteiger partial charge < -0.3 is 5.32 Å². The Kier molecular flexibility index (Phi) is 2.72. The van der Waals surface area contributed by atoms with Gasteiger partial charge in [-0.05, 0) is 40.6 Å². The summed E-state index contributed by atoms with van der Waals surface area (Å²) in [6.07, 6.45) is 7.29. The van der Waals surface area contributed by atoms with Crippen LogP contribution in [0.4, 0.5) is 5.82 Å². The lowest BCUT2D eigenvalue weighted by atomic mass is 10.1. The normalized spacial score (nSPS) is 17.9. The summed E-state index contributed by atoms with van der Waals surface area (Å²) in [5.41, 5.74) is 0.604. The van der Waals surface area contributed by atoms with Gasteiger partial charge in [0.05, 0.1) is 4.47 Å². The number of nitrogens with zero attached hydrogens (tertiary/aromatic N) is 2. The predicted octanol–water partition coefficient (Wildman–Crippen LogP) is 2.84. The van der Waals surface area contributed by atoms with Crippen LogP contribution in [-0.4, -0.2) is 16.5 Å². The van der Waals surface area contributed by atoms with Crippen molar-refractivity contribution in [3.8, 4) is 0 Å². The van der Waals surface area contributed by atoms with E-state index in [4.69, 9.17) is 0 Å². The van der Waals surface area contributed by atoms with E-state index in [1.165, 1.54) is 19.3 Å². The predicted molar refractivity (Wildman–Crippen MR) is 60.2 cm³/mol. The minimum atomic E-state index is 0.604. The molecule has 1 saturated carbocycles. The van der Waals surface area contributed by atoms with E-state index in [1.54, 1.807) is 12.5 Å². The summed E-state index contributed by atoms with van der Waals surface area (Å²) >= 11 is 3.41. The van der Waals surface area contributed by atoms with Crippen LogP contribution in [0, 0.1) is 5.41 Å². The lowest BCUT2D eigenvalue weighted by Gasteiger charge is -2.10. The Morgan fingerprint density at radius 3 is 3.00 bits per heavy atom. The third-order valence-corrected chi connectivity index (χ3v) is 3.37. The molecule has 1 N–H and O–H groups in total. The van der Waals surface area contributed by atoms with Crippen LogP contribution in [0.15, 0.2) is 17.0 Å². The van der Waals surface area contributed by atoms with E-state index in [0.717, 1.165) is 16.8 Å². The van der Waals surface area contributed by atoms with Gasteiger partial charge in [-0.15, -0.1) is 0 Å². The highest BCUT2D eigenvalue weighted by Crippen LogP contribution is 2.47. The minimum absolute atomic E-state index is 0.604. The first-order valence-electron chi connectivity index (χ1n) is 4.89. The number of hydrogen-bond donors (Lipinski definition) is 1. The molecule has 1 heterocycles. The standard InChI is InChI=1S/C10H14BrN3/c1-10(2-3-10)4-5-13-9-8(11)6-12-7-14-9/h6-7H,2-5H2,1H3,(H,12,13,14). The van der Waals surface area contributed by atoms with Crippen molar-refractivity contribution in [1.29, 1.82) is 0 Å². The van der Waals surface area contributed by atoms with Gasteiger partial charge in [-0.2, -0.15) is 0 Å². The fourth-order valence-corrected chi connectivity index (χ4v) is 1.75. The van der Waals surface area contributed by atoms with Crippen molar-refractivity contribution in [1.82, 2.24) is 9.97 Å². The van der Waals surface area contributed by atoms with Crippen LogP contribution in [0.1, 0.15) is 26.2 Å². The molecule has 0 unspecified atom stereocenters. The van der Waals surface area contributed by atoms with Gasteiger partial charge in [0.25, 0.3) is 0 Å². The Morgan fingerprint density at radius 2 is 2.36 bits per heavy atom. The van der Waals surface area contributed by atoms with Crippen LogP contribution >= 0.6 is 15.9 Å². The molecular formula is C10H14BrN3. The fourth-order valence-electron chi connectivity index (χ4n) is 1.39. The van der Waals surface area contributed by atoms with Gasteiger partial charge >= 0.3 is 0 Å². The molecule has 14 heavy (non-hydrogen) atoms. The van der Waals surface area contributed by atoms with Crippen LogP contribution in [0.3, 0.4) is 0 Å². The van der Waals surface area contributed by atoms with Gasteiger partial charge in [-0.1, -0.05) is 6.92 Å². The number of rotatable bonds is 4. The SMILES string of the molecule is CC1(CCNc2ncncc2Br)CC1. The molecule has 4 heteroatoms. The van der Waals surface area contributed by atoms with Crippen LogP contribution in [0.25, 0.3) is 0 Å². The number of hydrogen-bond acceptors (Lipinski definition) is 3. The van der Waals surface area contributed by atoms with Gasteiger partial charge in [-0.25, -0.2) is 9.97 Å². The molecule has 1 aliphatic rings. The molecule has 1 aromatic rings. The number of anilines is 1. The lowest BCUT2D eigenvalue weighted by Crippen LogP contribution is -2.08. The summed E-state index contributed by atoms with van der Waals surface area (Å²) in [5.74, 6) is 0.893. The van der Waals surface area contributed by atoms with Crippen LogP contribution in [0.2, 0.25) is 0 Å². The van der Waals surface area contributed by atoms with E-state index in [9.17, 15) is 0 Å². The molecule has 2 rings (SSSR count). The molecule has 0 radical (unpaired) electrons. The van der Waals surface area contributed by atoms with Crippen molar-refractivity contribution in [3.05, 3.63) is 17.0 Å². The van der Waals surface area contributed by atoms with Gasteiger partial charge in [-0.3, -0.25) is 0 Å². The zero-order valence-corrected chi connectivity index (χ0v) is 9.84. The van der Waals surface area contributed by atoms with E-state index in [1.807, 2.05) is 0 Å². The highest BCUT2D eigenvalue weighted by molar-refractivity contribution is 9.10. The summed E-state index contributed by atoms with van der Waals surface area (Å²) in [5, 5.41) is 3.31. The van der Waals surface area contributed by atoms with Crippen molar-refractivity contribution >= 4 is 21.7 Å². The second-order valence-electron chi connectivity index (χ2n) is 4.21. The van der Waals surface area contributed by atoms with Gasteiger partial charge in [0, 0.05) is 12.7 Å². The van der Waals surface area contributed by atoms with Crippen molar-refractivity contribution in [2.24, 2.45) is 5.41 Å². The molecule has 3 nitrogen and oxygen atoms in total. The lowest BCUT2D eigenvalue weighted by molar-refractivity contribution is 0.536. The Morgan fingerprint density at radius 1 is 1.57 bits per heavy atom. The van der Waals surface area contributed by atoms with Crippen LogP contribution < -0.4 is 5.32 Å². The van der Waals surface area contributed by atoms with Crippen molar-refractivity contribution in [2.45, 2.75) is 26.2 Å². The maximum absolute atomic E-state index is 4.15. The molecule has 1 aromatic heterocycles. The zero-order chi connectivity index (χ0) is 10.0. The first-order chi connectivity index (χ1) is 6.70. The topological polar surface area (TPSA) is 37.8 Å². The Bertz CT molecular complexity index is 323. The van der Waals surface area contributed by atoms with Crippen LogP contribution in [0.5, 0.6) is 0 Å². The molecule has 0 bridgehead atoms. The monoisotopic (exact) mass is 255 g/mol. The second-order valence-corrected chi connectivity index (χ2v) is 5.06. The van der Waals surface area contributed by atoms with E-state index in [-0.39, 0.29) is 0 Å². The van der Waals surface area contributed by atoms with Gasteiger partial charge in [0.15, 0.2) is 0 Å². The fraction of sp³-hybridized carbons (Fsp3) is 0.600. The van der Waals surface area contributed by atoms with Crippen molar-refractivity contribution < 1.29 is 0 Å². The highest BCUT2D eigenvalue weighted by atomic mass is 79.9. The molecule has 76 valence electrons. The van der Waals surface area contributed by atoms with Crippen LogP contribution in [-0.2, 0) is 0 Å². The van der Waals surface area contributed by atoms with Crippen molar-refractivity contribution in [2.75, 3.05) is 11.9 Å². The summed E-state index contributed by atoms with van der Waals surface area (Å²) < 4.78 is 0.931. The molecule has 1 aliphatic carbocycles. The maximum Gasteiger partial charge on any atom is 0.143 e. The summed E-state index contributed by atoms with van der Waals surface area (Å²) in [4.78, 5) is 8.07. The summed E-state index contributed by atoms with van der Waals surface area (Å²) in [7, 11) is 0. The molecular weight excluding hydrogens is 242 g/mol.